The van der Waals surface area contributed by atoms with Crippen LogP contribution >= 0.6 is 0 Å². The molecule has 2 aromatic rings. The molecule has 3 heterocycles. The molecule has 1 aliphatic heterocycles. The molecule has 0 bridgehead atoms. The second kappa shape index (κ2) is 8.74. The normalized spacial score (nSPS) is 14.8. The van der Waals surface area contributed by atoms with E-state index in [4.69, 9.17) is 4.74 Å². The Morgan fingerprint density at radius 2 is 2.18 bits per heavy atom. The molecule has 1 fully saturated rings. The Morgan fingerprint density at radius 3 is 2.82 bits per heavy atom. The van der Waals surface area contributed by atoms with Crippen molar-refractivity contribution in [3.05, 3.63) is 41.5 Å². The number of hydrogen-bond acceptors (Lipinski definition) is 6. The number of ether oxygens (including phenoxy) is 1. The third-order valence-electron chi connectivity index (χ3n) is 4.86. The van der Waals surface area contributed by atoms with Crippen LogP contribution in [-0.4, -0.2) is 45.0 Å². The standard InChI is InChI=1S/C20H26N6O2/c1-14(2)28-20(27)25-9-6-17(7-10-25)26-19(11-21)16(13-24-26)12-23-18-5-4-8-22-15(18)3/h4-5,8,13-14,17,23H,6-7,9-10,12H2,1-3H3. The fourth-order valence-corrected chi connectivity index (χ4v) is 3.36. The van der Waals surface area contributed by atoms with Crippen LogP contribution in [-0.2, 0) is 11.3 Å². The van der Waals surface area contributed by atoms with E-state index in [0.717, 1.165) is 29.8 Å². The molecule has 1 saturated heterocycles. The lowest BCUT2D eigenvalue weighted by molar-refractivity contribution is 0.0652. The third kappa shape index (κ3) is 4.42. The van der Waals surface area contributed by atoms with E-state index in [2.05, 4.69) is 21.5 Å². The van der Waals surface area contributed by atoms with Crippen LogP contribution in [0.5, 0.6) is 0 Å². The Morgan fingerprint density at radius 1 is 1.43 bits per heavy atom. The summed E-state index contributed by atoms with van der Waals surface area (Å²) in [5.74, 6) is 0. The van der Waals surface area contributed by atoms with E-state index in [9.17, 15) is 10.1 Å². The van der Waals surface area contributed by atoms with E-state index in [1.54, 1.807) is 22.0 Å². The Balaban J connectivity index is 1.64. The van der Waals surface area contributed by atoms with Crippen LogP contribution in [0.3, 0.4) is 0 Å². The molecule has 0 aliphatic carbocycles. The van der Waals surface area contributed by atoms with Crippen molar-refractivity contribution >= 4 is 11.8 Å². The minimum absolute atomic E-state index is 0.103. The van der Waals surface area contributed by atoms with E-state index in [1.807, 2.05) is 32.9 Å². The summed E-state index contributed by atoms with van der Waals surface area (Å²) >= 11 is 0. The molecular weight excluding hydrogens is 356 g/mol. The first-order valence-corrected chi connectivity index (χ1v) is 9.57. The molecule has 148 valence electrons. The van der Waals surface area contributed by atoms with Crippen LogP contribution in [0.1, 0.15) is 49.7 Å². The number of rotatable bonds is 5. The van der Waals surface area contributed by atoms with Gasteiger partial charge in [-0.3, -0.25) is 9.67 Å². The van der Waals surface area contributed by atoms with E-state index in [-0.39, 0.29) is 18.2 Å². The lowest BCUT2D eigenvalue weighted by atomic mass is 10.1. The zero-order valence-corrected chi connectivity index (χ0v) is 16.6. The van der Waals surface area contributed by atoms with Gasteiger partial charge in [0.25, 0.3) is 0 Å². The van der Waals surface area contributed by atoms with Gasteiger partial charge in [-0.2, -0.15) is 10.4 Å². The molecule has 0 unspecified atom stereocenters. The predicted molar refractivity (Wildman–Crippen MR) is 105 cm³/mol. The van der Waals surface area contributed by atoms with Crippen LogP contribution in [0, 0.1) is 18.3 Å². The number of nitrogens with one attached hydrogen (secondary N) is 1. The van der Waals surface area contributed by atoms with Crippen LogP contribution < -0.4 is 5.32 Å². The van der Waals surface area contributed by atoms with Gasteiger partial charge < -0.3 is 15.0 Å². The highest BCUT2D eigenvalue weighted by Crippen LogP contribution is 2.25. The Labute approximate surface area is 165 Å². The average Bonchev–Trinajstić information content (AvgIpc) is 3.10. The summed E-state index contributed by atoms with van der Waals surface area (Å²) in [6.45, 7) is 7.34. The minimum Gasteiger partial charge on any atom is -0.447 e. The van der Waals surface area contributed by atoms with E-state index >= 15 is 0 Å². The fraction of sp³-hybridized carbons (Fsp3) is 0.500. The number of aromatic nitrogens is 3. The molecule has 1 aliphatic rings. The smallest absolute Gasteiger partial charge is 0.410 e. The number of pyridine rings is 1. The number of nitrogens with zero attached hydrogens (tertiary/aromatic N) is 5. The summed E-state index contributed by atoms with van der Waals surface area (Å²) in [6.07, 6.45) is 4.60. The molecule has 2 aromatic heterocycles. The van der Waals surface area contributed by atoms with Crippen LogP contribution in [0.25, 0.3) is 0 Å². The van der Waals surface area contributed by atoms with Crippen molar-refractivity contribution in [3.63, 3.8) is 0 Å². The lowest BCUT2D eigenvalue weighted by Crippen LogP contribution is -2.40. The fourth-order valence-electron chi connectivity index (χ4n) is 3.36. The number of carbonyl (C=O) groups excluding carboxylic acids is 1. The Bertz CT molecular complexity index is 862. The van der Waals surface area contributed by atoms with E-state index < -0.39 is 0 Å². The number of amides is 1. The summed E-state index contributed by atoms with van der Waals surface area (Å²) in [7, 11) is 0. The summed E-state index contributed by atoms with van der Waals surface area (Å²) in [6, 6.07) is 6.24. The van der Waals surface area contributed by atoms with Crippen molar-refractivity contribution in [2.24, 2.45) is 0 Å². The number of anilines is 1. The maximum absolute atomic E-state index is 12.0. The highest BCUT2D eigenvalue weighted by atomic mass is 16.6. The predicted octanol–water partition coefficient (Wildman–Crippen LogP) is 3.25. The molecular formula is C20H26N6O2. The molecule has 1 amide bonds. The highest BCUT2D eigenvalue weighted by molar-refractivity contribution is 5.67. The highest BCUT2D eigenvalue weighted by Gasteiger charge is 2.27. The zero-order valence-electron chi connectivity index (χ0n) is 16.6. The number of piperidine rings is 1. The topological polar surface area (TPSA) is 96.1 Å². The quantitative estimate of drug-likeness (QED) is 0.853. The van der Waals surface area contributed by atoms with Crippen LogP contribution in [0.15, 0.2) is 24.5 Å². The minimum atomic E-state index is -0.272. The number of hydrogen-bond donors (Lipinski definition) is 1. The summed E-state index contributed by atoms with van der Waals surface area (Å²) in [4.78, 5) is 18.0. The van der Waals surface area contributed by atoms with Crippen LogP contribution in [0.4, 0.5) is 10.5 Å². The molecule has 0 radical (unpaired) electrons. The van der Waals surface area contributed by atoms with Crippen molar-refractivity contribution in [1.29, 1.82) is 5.26 Å². The summed E-state index contributed by atoms with van der Waals surface area (Å²) < 4.78 is 7.07. The van der Waals surface area contributed by atoms with Crippen molar-refractivity contribution in [2.45, 2.75) is 52.3 Å². The molecule has 0 spiro atoms. The van der Waals surface area contributed by atoms with Crippen molar-refractivity contribution in [2.75, 3.05) is 18.4 Å². The van der Waals surface area contributed by atoms with Crippen molar-refractivity contribution < 1.29 is 9.53 Å². The molecule has 28 heavy (non-hydrogen) atoms. The van der Waals surface area contributed by atoms with Crippen LogP contribution in [0.2, 0.25) is 0 Å². The molecule has 0 saturated carbocycles. The molecule has 8 heteroatoms. The second-order valence-electron chi connectivity index (χ2n) is 7.22. The average molecular weight is 382 g/mol. The van der Waals surface area contributed by atoms with Gasteiger partial charge in [0.05, 0.1) is 29.7 Å². The van der Waals surface area contributed by atoms with Gasteiger partial charge in [0.2, 0.25) is 0 Å². The monoisotopic (exact) mass is 382 g/mol. The molecule has 3 rings (SSSR count). The van der Waals surface area contributed by atoms with Gasteiger partial charge in [-0.15, -0.1) is 0 Å². The summed E-state index contributed by atoms with van der Waals surface area (Å²) in [5.41, 5.74) is 3.27. The lowest BCUT2D eigenvalue weighted by Gasteiger charge is -2.32. The SMILES string of the molecule is Cc1ncccc1NCc1cnn(C2CCN(C(=O)OC(C)C)CC2)c1C#N. The van der Waals surface area contributed by atoms with Crippen molar-refractivity contribution in [1.82, 2.24) is 19.7 Å². The largest absolute Gasteiger partial charge is 0.447 e. The van der Waals surface area contributed by atoms with Crippen molar-refractivity contribution in [3.8, 4) is 6.07 Å². The maximum atomic E-state index is 12.0. The number of likely N-dealkylation sites (tertiary alicyclic amines) is 1. The van der Waals surface area contributed by atoms with Gasteiger partial charge in [0, 0.05) is 31.4 Å². The number of carbonyl (C=O) groups is 1. The molecule has 0 aromatic carbocycles. The number of aryl methyl sites for hydroxylation is 1. The second-order valence-corrected chi connectivity index (χ2v) is 7.22. The van der Waals surface area contributed by atoms with E-state index in [0.29, 0.717) is 25.3 Å². The Hall–Kier alpha value is -3.08. The third-order valence-corrected chi connectivity index (χ3v) is 4.86. The molecule has 1 N–H and O–H groups in total. The first-order valence-electron chi connectivity index (χ1n) is 9.57. The van der Waals surface area contributed by atoms with Gasteiger partial charge in [-0.25, -0.2) is 4.79 Å². The van der Waals surface area contributed by atoms with E-state index in [1.165, 1.54) is 0 Å². The zero-order chi connectivity index (χ0) is 20.1. The first-order chi connectivity index (χ1) is 13.5. The number of nitriles is 1. The maximum Gasteiger partial charge on any atom is 0.410 e. The van der Waals surface area contributed by atoms with Gasteiger partial charge >= 0.3 is 6.09 Å². The van der Waals surface area contributed by atoms with Gasteiger partial charge in [-0.05, 0) is 45.7 Å². The molecule has 8 nitrogen and oxygen atoms in total. The van der Waals surface area contributed by atoms with Gasteiger partial charge in [-0.1, -0.05) is 0 Å². The van der Waals surface area contributed by atoms with Gasteiger partial charge in [0.15, 0.2) is 0 Å². The first kappa shape index (κ1) is 19.7. The Kier molecular flexibility index (Phi) is 6.14. The summed E-state index contributed by atoms with van der Waals surface area (Å²) in [5, 5.41) is 17.5. The van der Waals surface area contributed by atoms with Gasteiger partial charge in [0.1, 0.15) is 11.8 Å². The molecule has 0 atom stereocenters.